The molecule has 0 unspecified atom stereocenters. The number of aliphatic hydroxyl groups is 2. The summed E-state index contributed by atoms with van der Waals surface area (Å²) in [5.41, 5.74) is -0.208. The summed E-state index contributed by atoms with van der Waals surface area (Å²) in [4.78, 5) is 2.35. The Labute approximate surface area is 135 Å². The predicted octanol–water partition coefficient (Wildman–Crippen LogP) is 2.71. The summed E-state index contributed by atoms with van der Waals surface area (Å²) in [5.74, 6) is 0. The van der Waals surface area contributed by atoms with E-state index in [0.717, 1.165) is 25.7 Å². The van der Waals surface area contributed by atoms with Crippen molar-refractivity contribution in [3.05, 3.63) is 0 Å². The Hall–Kier alpha value is -0.160. The predicted molar refractivity (Wildman–Crippen MR) is 88.9 cm³/mol. The van der Waals surface area contributed by atoms with E-state index in [9.17, 15) is 10.2 Å². The van der Waals surface area contributed by atoms with Crippen LogP contribution in [0.1, 0.15) is 72.6 Å². The fraction of sp³-hybridized carbons (Fsp3) is 1.00. The number of β-amino-alcohol motifs (C(OH)–C–C–N with tert-alkyl or cyclic N) is 1. The van der Waals surface area contributed by atoms with Crippen LogP contribution in [0, 0.1) is 0 Å². The number of hydrogen-bond acceptors (Lipinski definition) is 4. The van der Waals surface area contributed by atoms with Crippen molar-refractivity contribution in [3.63, 3.8) is 0 Å². The van der Waals surface area contributed by atoms with E-state index < -0.39 is 6.10 Å². The van der Waals surface area contributed by atoms with Crippen LogP contribution in [0.15, 0.2) is 0 Å². The Bertz CT molecular complexity index is 332. The number of hydrogen-bond donors (Lipinski definition) is 2. The van der Waals surface area contributed by atoms with Crippen molar-refractivity contribution in [2.75, 3.05) is 13.2 Å². The van der Waals surface area contributed by atoms with Gasteiger partial charge in [-0.15, -0.1) is 0 Å². The van der Waals surface area contributed by atoms with E-state index in [1.165, 1.54) is 19.3 Å². The molecule has 0 radical (unpaired) electrons. The molecule has 0 amide bonds. The zero-order chi connectivity index (χ0) is 16.4. The van der Waals surface area contributed by atoms with Gasteiger partial charge < -0.3 is 14.9 Å². The fourth-order valence-corrected chi connectivity index (χ4v) is 4.50. The molecule has 1 saturated carbocycles. The highest BCUT2D eigenvalue weighted by Crippen LogP contribution is 2.38. The largest absolute Gasteiger partial charge is 0.393 e. The van der Waals surface area contributed by atoms with Gasteiger partial charge in [-0.3, -0.25) is 4.90 Å². The van der Waals surface area contributed by atoms with Crippen molar-refractivity contribution in [2.24, 2.45) is 0 Å². The third-order valence-electron chi connectivity index (χ3n) is 5.40. The molecule has 1 aliphatic heterocycles. The van der Waals surface area contributed by atoms with Crippen LogP contribution in [0.3, 0.4) is 0 Å². The van der Waals surface area contributed by atoms with Crippen LogP contribution in [-0.4, -0.2) is 57.7 Å². The van der Waals surface area contributed by atoms with Gasteiger partial charge in [0.1, 0.15) is 0 Å². The normalized spacial score (nSPS) is 28.6. The van der Waals surface area contributed by atoms with Gasteiger partial charge in [0.05, 0.1) is 24.9 Å². The molecule has 22 heavy (non-hydrogen) atoms. The lowest BCUT2D eigenvalue weighted by atomic mass is 9.78. The quantitative estimate of drug-likeness (QED) is 0.819. The van der Waals surface area contributed by atoms with Crippen molar-refractivity contribution in [1.82, 2.24) is 4.90 Å². The third kappa shape index (κ3) is 4.67. The monoisotopic (exact) mass is 313 g/mol. The Kier molecular flexibility index (Phi) is 5.92. The molecular weight excluding hydrogens is 278 g/mol. The standard InChI is InChI=1S/C18H35NO3/c1-17(2)10-14(20)11-18(3,4)19(17)12-15(21)13-22-16-8-6-5-7-9-16/h14-16,20-21H,5-13H2,1-4H3/t15-/m0/s1. The summed E-state index contributed by atoms with van der Waals surface area (Å²) in [6, 6.07) is 0. The summed E-state index contributed by atoms with van der Waals surface area (Å²) in [5, 5.41) is 20.5. The maximum absolute atomic E-state index is 10.4. The Morgan fingerprint density at radius 3 is 2.14 bits per heavy atom. The van der Waals surface area contributed by atoms with Gasteiger partial charge in [-0.2, -0.15) is 0 Å². The molecule has 0 bridgehead atoms. The van der Waals surface area contributed by atoms with Gasteiger partial charge in [0.15, 0.2) is 0 Å². The molecule has 0 aromatic carbocycles. The summed E-state index contributed by atoms with van der Waals surface area (Å²) in [6.07, 6.45) is 7.25. The summed E-state index contributed by atoms with van der Waals surface area (Å²) >= 11 is 0. The molecule has 0 spiro atoms. The minimum atomic E-state index is -0.462. The second kappa shape index (κ2) is 7.16. The number of aliphatic hydroxyl groups excluding tert-OH is 2. The molecule has 0 aromatic rings. The lowest BCUT2D eigenvalue weighted by Crippen LogP contribution is -2.63. The lowest BCUT2D eigenvalue weighted by molar-refractivity contribution is -0.110. The lowest BCUT2D eigenvalue weighted by Gasteiger charge is -2.55. The number of nitrogens with zero attached hydrogens (tertiary/aromatic N) is 1. The third-order valence-corrected chi connectivity index (χ3v) is 5.40. The van der Waals surface area contributed by atoms with Gasteiger partial charge in [0.2, 0.25) is 0 Å². The average molecular weight is 313 g/mol. The van der Waals surface area contributed by atoms with E-state index in [4.69, 9.17) is 4.74 Å². The summed E-state index contributed by atoms with van der Waals surface area (Å²) < 4.78 is 5.92. The van der Waals surface area contributed by atoms with E-state index in [1.54, 1.807) is 0 Å². The van der Waals surface area contributed by atoms with Crippen LogP contribution >= 0.6 is 0 Å². The Morgan fingerprint density at radius 2 is 1.59 bits per heavy atom. The molecule has 130 valence electrons. The molecule has 4 nitrogen and oxygen atoms in total. The van der Waals surface area contributed by atoms with Crippen LogP contribution < -0.4 is 0 Å². The van der Waals surface area contributed by atoms with E-state index in [1.807, 2.05) is 0 Å². The first-order valence-electron chi connectivity index (χ1n) is 8.96. The second-order valence-electron chi connectivity index (χ2n) is 8.54. The van der Waals surface area contributed by atoms with Crippen molar-refractivity contribution < 1.29 is 14.9 Å². The summed E-state index contributed by atoms with van der Waals surface area (Å²) in [6.45, 7) is 9.67. The van der Waals surface area contributed by atoms with Crippen molar-refractivity contribution in [1.29, 1.82) is 0 Å². The molecule has 4 heteroatoms. The Morgan fingerprint density at radius 1 is 1.05 bits per heavy atom. The minimum absolute atomic E-state index is 0.104. The molecule has 1 saturated heterocycles. The van der Waals surface area contributed by atoms with E-state index in [-0.39, 0.29) is 17.2 Å². The molecule has 2 rings (SSSR count). The SMILES string of the molecule is CC1(C)CC(O)CC(C)(C)N1C[C@H](O)COC1CCCCC1. The fourth-order valence-electron chi connectivity index (χ4n) is 4.50. The van der Waals surface area contributed by atoms with Gasteiger partial charge >= 0.3 is 0 Å². The van der Waals surface area contributed by atoms with Gasteiger partial charge in [-0.1, -0.05) is 19.3 Å². The molecule has 0 aromatic heterocycles. The van der Waals surface area contributed by atoms with Gasteiger partial charge in [0.25, 0.3) is 0 Å². The maximum atomic E-state index is 10.4. The van der Waals surface area contributed by atoms with Crippen LogP contribution in [0.5, 0.6) is 0 Å². The van der Waals surface area contributed by atoms with E-state index >= 15 is 0 Å². The van der Waals surface area contributed by atoms with E-state index in [2.05, 4.69) is 32.6 Å². The van der Waals surface area contributed by atoms with Crippen molar-refractivity contribution in [2.45, 2.75) is 102 Å². The van der Waals surface area contributed by atoms with Crippen LogP contribution in [-0.2, 0) is 4.74 Å². The molecular formula is C18H35NO3. The topological polar surface area (TPSA) is 52.9 Å². The molecule has 2 aliphatic rings. The first-order chi connectivity index (χ1) is 10.2. The highest BCUT2D eigenvalue weighted by Gasteiger charge is 2.45. The van der Waals surface area contributed by atoms with Crippen molar-refractivity contribution in [3.8, 4) is 0 Å². The first kappa shape index (κ1) is 18.2. The highest BCUT2D eigenvalue weighted by molar-refractivity contribution is 5.00. The molecule has 2 N–H and O–H groups in total. The number of rotatable bonds is 5. The smallest absolute Gasteiger partial charge is 0.0900 e. The minimum Gasteiger partial charge on any atom is -0.393 e. The summed E-state index contributed by atoms with van der Waals surface area (Å²) in [7, 11) is 0. The zero-order valence-electron chi connectivity index (χ0n) is 14.8. The van der Waals surface area contributed by atoms with Crippen LogP contribution in [0.25, 0.3) is 0 Å². The van der Waals surface area contributed by atoms with Gasteiger partial charge in [-0.25, -0.2) is 0 Å². The average Bonchev–Trinajstić information content (AvgIpc) is 2.40. The molecule has 2 fully saturated rings. The Balaban J connectivity index is 1.86. The maximum Gasteiger partial charge on any atom is 0.0900 e. The van der Waals surface area contributed by atoms with Gasteiger partial charge in [-0.05, 0) is 53.4 Å². The number of likely N-dealkylation sites (tertiary alicyclic amines) is 1. The zero-order valence-corrected chi connectivity index (χ0v) is 14.8. The molecule has 1 atom stereocenters. The van der Waals surface area contributed by atoms with Crippen LogP contribution in [0.2, 0.25) is 0 Å². The second-order valence-corrected chi connectivity index (χ2v) is 8.54. The molecule has 1 heterocycles. The molecule has 1 aliphatic carbocycles. The van der Waals surface area contributed by atoms with Gasteiger partial charge in [0, 0.05) is 17.6 Å². The van der Waals surface area contributed by atoms with Crippen molar-refractivity contribution >= 4 is 0 Å². The van der Waals surface area contributed by atoms with Crippen LogP contribution in [0.4, 0.5) is 0 Å². The highest BCUT2D eigenvalue weighted by atomic mass is 16.5. The first-order valence-corrected chi connectivity index (χ1v) is 8.96. The number of ether oxygens (including phenoxy) is 1. The number of piperidine rings is 1. The van der Waals surface area contributed by atoms with E-state index in [0.29, 0.717) is 19.3 Å².